The largest absolute Gasteiger partial charge is 0.346 e. The van der Waals surface area contributed by atoms with Crippen LogP contribution in [0, 0.1) is 11.6 Å². The maximum atomic E-state index is 13.2. The molecule has 0 aliphatic heterocycles. The van der Waals surface area contributed by atoms with Crippen LogP contribution in [0.15, 0.2) is 36.4 Å². The third-order valence-corrected chi connectivity index (χ3v) is 4.24. The predicted molar refractivity (Wildman–Crippen MR) is 88.2 cm³/mol. The van der Waals surface area contributed by atoms with Gasteiger partial charge in [-0.25, -0.2) is 13.8 Å². The molecule has 0 saturated heterocycles. The zero-order chi connectivity index (χ0) is 17.2. The number of aromatic nitrogens is 1. The number of anilines is 2. The minimum absolute atomic E-state index is 0.187. The average Bonchev–Trinajstić information content (AvgIpc) is 2.92. The molecule has 0 spiro atoms. The van der Waals surface area contributed by atoms with E-state index in [0.29, 0.717) is 5.82 Å². The first kappa shape index (κ1) is 16.4. The van der Waals surface area contributed by atoms with Crippen LogP contribution in [0.25, 0.3) is 0 Å². The summed E-state index contributed by atoms with van der Waals surface area (Å²) in [4.78, 5) is 16.6. The Balaban J connectivity index is 1.75. The van der Waals surface area contributed by atoms with E-state index >= 15 is 0 Å². The van der Waals surface area contributed by atoms with Crippen molar-refractivity contribution in [2.45, 2.75) is 38.1 Å². The van der Waals surface area contributed by atoms with E-state index in [4.69, 9.17) is 0 Å². The monoisotopic (exact) mass is 331 g/mol. The van der Waals surface area contributed by atoms with E-state index in [1.165, 1.54) is 0 Å². The molecule has 126 valence electrons. The minimum atomic E-state index is -0.680. The van der Waals surface area contributed by atoms with Crippen LogP contribution in [-0.4, -0.2) is 16.4 Å². The summed E-state index contributed by atoms with van der Waals surface area (Å²) in [7, 11) is 0. The van der Waals surface area contributed by atoms with Crippen molar-refractivity contribution in [1.82, 2.24) is 10.3 Å². The first-order chi connectivity index (χ1) is 11.4. The number of nitrogens with zero attached hydrogens (tertiary/aromatic N) is 1. The number of rotatable bonds is 4. The van der Waals surface area contributed by atoms with Gasteiger partial charge < -0.3 is 10.6 Å². The van der Waals surface area contributed by atoms with Gasteiger partial charge in [-0.15, -0.1) is 0 Å². The highest BCUT2D eigenvalue weighted by Gasteiger charge is 2.30. The molecule has 0 bridgehead atoms. The number of carbonyl (C=O) groups excluding carboxylic acids is 1. The topological polar surface area (TPSA) is 54.0 Å². The van der Waals surface area contributed by atoms with E-state index in [1.54, 1.807) is 18.2 Å². The second kappa shape index (κ2) is 6.55. The van der Waals surface area contributed by atoms with Crippen molar-refractivity contribution < 1.29 is 13.6 Å². The maximum Gasteiger partial charge on any atom is 0.270 e. The quantitative estimate of drug-likeness (QED) is 0.884. The molecule has 1 aliphatic carbocycles. The number of pyridine rings is 1. The molecule has 1 amide bonds. The molecular formula is C18H19F2N3O. The molecule has 3 rings (SSSR count). The molecule has 1 saturated carbocycles. The van der Waals surface area contributed by atoms with Gasteiger partial charge in [-0.1, -0.05) is 18.9 Å². The van der Waals surface area contributed by atoms with Crippen molar-refractivity contribution in [3.05, 3.63) is 53.7 Å². The SMILES string of the molecule is CC1(NC(=O)c2cccc(Nc3cc(F)cc(F)c3)n2)CCCC1. The molecule has 6 heteroatoms. The van der Waals surface area contributed by atoms with Crippen LogP contribution in [-0.2, 0) is 0 Å². The highest BCUT2D eigenvalue weighted by molar-refractivity contribution is 5.93. The van der Waals surface area contributed by atoms with Gasteiger partial charge in [0, 0.05) is 17.3 Å². The summed E-state index contributed by atoms with van der Waals surface area (Å²) >= 11 is 0. The Morgan fingerprint density at radius 1 is 1.12 bits per heavy atom. The molecule has 0 atom stereocenters. The van der Waals surface area contributed by atoms with E-state index in [1.807, 2.05) is 6.92 Å². The van der Waals surface area contributed by atoms with Crippen LogP contribution in [0.4, 0.5) is 20.3 Å². The Morgan fingerprint density at radius 3 is 2.46 bits per heavy atom. The van der Waals surface area contributed by atoms with Gasteiger partial charge >= 0.3 is 0 Å². The Bertz CT molecular complexity index is 737. The average molecular weight is 331 g/mol. The van der Waals surface area contributed by atoms with Gasteiger partial charge in [0.15, 0.2) is 0 Å². The van der Waals surface area contributed by atoms with Crippen LogP contribution >= 0.6 is 0 Å². The fraction of sp³-hybridized carbons (Fsp3) is 0.333. The smallest absolute Gasteiger partial charge is 0.270 e. The number of amides is 1. The molecule has 1 aromatic heterocycles. The lowest BCUT2D eigenvalue weighted by molar-refractivity contribution is 0.0903. The second-order valence-electron chi connectivity index (χ2n) is 6.41. The standard InChI is InChI=1S/C18H19F2N3O/c1-18(7-2-3-8-18)23-17(24)15-5-4-6-16(22-15)21-14-10-12(19)9-13(20)11-14/h4-6,9-11H,2-3,7-8H2,1H3,(H,21,22)(H,23,24). The van der Waals surface area contributed by atoms with Crippen LogP contribution < -0.4 is 10.6 Å². The molecule has 0 radical (unpaired) electrons. The lowest BCUT2D eigenvalue weighted by Gasteiger charge is -2.25. The summed E-state index contributed by atoms with van der Waals surface area (Å²) < 4.78 is 26.5. The van der Waals surface area contributed by atoms with Crippen molar-refractivity contribution in [1.29, 1.82) is 0 Å². The maximum absolute atomic E-state index is 13.2. The highest BCUT2D eigenvalue weighted by atomic mass is 19.1. The van der Waals surface area contributed by atoms with E-state index in [9.17, 15) is 13.6 Å². The Kier molecular flexibility index (Phi) is 4.46. The Morgan fingerprint density at radius 2 is 1.79 bits per heavy atom. The van der Waals surface area contributed by atoms with Crippen molar-refractivity contribution in [3.8, 4) is 0 Å². The fourth-order valence-corrected chi connectivity index (χ4v) is 3.02. The molecule has 0 unspecified atom stereocenters. The summed E-state index contributed by atoms with van der Waals surface area (Å²) in [5.74, 6) is -1.25. The fourth-order valence-electron chi connectivity index (χ4n) is 3.02. The van der Waals surface area contributed by atoms with Gasteiger partial charge in [0.1, 0.15) is 23.1 Å². The third kappa shape index (κ3) is 3.88. The van der Waals surface area contributed by atoms with Crippen LogP contribution in [0.2, 0.25) is 0 Å². The van der Waals surface area contributed by atoms with Gasteiger partial charge in [-0.05, 0) is 44.0 Å². The third-order valence-electron chi connectivity index (χ3n) is 4.24. The van der Waals surface area contributed by atoms with Gasteiger partial charge in [0.2, 0.25) is 0 Å². The Hall–Kier alpha value is -2.50. The molecule has 4 nitrogen and oxygen atoms in total. The molecule has 24 heavy (non-hydrogen) atoms. The van der Waals surface area contributed by atoms with Crippen LogP contribution in [0.3, 0.4) is 0 Å². The lowest BCUT2D eigenvalue weighted by atomic mass is 10.0. The van der Waals surface area contributed by atoms with Gasteiger partial charge in [0.25, 0.3) is 5.91 Å². The van der Waals surface area contributed by atoms with Crippen molar-refractivity contribution >= 4 is 17.4 Å². The Labute approximate surface area is 139 Å². The van der Waals surface area contributed by atoms with Crippen molar-refractivity contribution in [2.24, 2.45) is 0 Å². The number of halogens is 2. The zero-order valence-electron chi connectivity index (χ0n) is 13.4. The normalized spacial score (nSPS) is 16.0. The molecule has 2 N–H and O–H groups in total. The number of benzene rings is 1. The summed E-state index contributed by atoms with van der Waals surface area (Å²) in [6.07, 6.45) is 4.13. The van der Waals surface area contributed by atoms with Crippen LogP contribution in [0.1, 0.15) is 43.1 Å². The van der Waals surface area contributed by atoms with E-state index in [2.05, 4.69) is 15.6 Å². The number of nitrogens with one attached hydrogen (secondary N) is 2. The molecular weight excluding hydrogens is 312 g/mol. The van der Waals surface area contributed by atoms with Crippen molar-refractivity contribution in [3.63, 3.8) is 0 Å². The molecule has 2 aromatic rings. The van der Waals surface area contributed by atoms with Crippen LogP contribution in [0.5, 0.6) is 0 Å². The predicted octanol–water partition coefficient (Wildman–Crippen LogP) is 4.17. The molecule has 1 aliphatic rings. The first-order valence-corrected chi connectivity index (χ1v) is 7.96. The molecule has 1 aromatic carbocycles. The molecule has 1 heterocycles. The molecule has 1 fully saturated rings. The summed E-state index contributed by atoms with van der Waals surface area (Å²) in [5.41, 5.74) is 0.318. The minimum Gasteiger partial charge on any atom is -0.346 e. The van der Waals surface area contributed by atoms with Gasteiger partial charge in [-0.2, -0.15) is 0 Å². The highest BCUT2D eigenvalue weighted by Crippen LogP contribution is 2.29. The number of hydrogen-bond acceptors (Lipinski definition) is 3. The zero-order valence-corrected chi connectivity index (χ0v) is 13.4. The van der Waals surface area contributed by atoms with Gasteiger partial charge in [0.05, 0.1) is 0 Å². The van der Waals surface area contributed by atoms with Gasteiger partial charge in [-0.3, -0.25) is 4.79 Å². The van der Waals surface area contributed by atoms with Crippen molar-refractivity contribution in [2.75, 3.05) is 5.32 Å². The van der Waals surface area contributed by atoms with E-state index in [0.717, 1.165) is 43.9 Å². The summed E-state index contributed by atoms with van der Waals surface area (Å²) in [6, 6.07) is 8.05. The summed E-state index contributed by atoms with van der Waals surface area (Å²) in [6.45, 7) is 2.04. The lowest BCUT2D eigenvalue weighted by Crippen LogP contribution is -2.43. The van der Waals surface area contributed by atoms with E-state index < -0.39 is 11.6 Å². The number of carbonyl (C=O) groups is 1. The van der Waals surface area contributed by atoms with E-state index in [-0.39, 0.29) is 22.8 Å². The second-order valence-corrected chi connectivity index (χ2v) is 6.41. The number of hydrogen-bond donors (Lipinski definition) is 2. The first-order valence-electron chi connectivity index (χ1n) is 7.96. The summed E-state index contributed by atoms with van der Waals surface area (Å²) in [5, 5.41) is 5.84.